The standard InChI is InChI=1S/C9H8ClN3O/c1-2-7-8(13-14)6-3-5(10)4-11-9(6)12-7/h3-4H,2H2,1H3,(H,11,12). The van der Waals surface area contributed by atoms with Crippen molar-refractivity contribution in [2.45, 2.75) is 13.3 Å². The van der Waals surface area contributed by atoms with Crippen LogP contribution in [0, 0.1) is 4.91 Å². The van der Waals surface area contributed by atoms with Crippen molar-refractivity contribution >= 4 is 28.3 Å². The van der Waals surface area contributed by atoms with Gasteiger partial charge in [0, 0.05) is 17.3 Å². The highest BCUT2D eigenvalue weighted by atomic mass is 35.5. The molecule has 0 saturated carbocycles. The van der Waals surface area contributed by atoms with Crippen molar-refractivity contribution in [3.8, 4) is 0 Å². The van der Waals surface area contributed by atoms with Gasteiger partial charge >= 0.3 is 0 Å². The molecule has 0 spiro atoms. The van der Waals surface area contributed by atoms with Gasteiger partial charge in [-0.05, 0) is 17.7 Å². The number of aryl methyl sites for hydroxylation is 1. The molecule has 0 amide bonds. The molecule has 0 atom stereocenters. The third-order valence-electron chi connectivity index (χ3n) is 2.11. The summed E-state index contributed by atoms with van der Waals surface area (Å²) in [7, 11) is 0. The molecule has 0 bridgehead atoms. The Balaban J connectivity index is 2.81. The van der Waals surface area contributed by atoms with Crippen molar-refractivity contribution in [2.75, 3.05) is 0 Å². The maximum atomic E-state index is 10.6. The van der Waals surface area contributed by atoms with Crippen LogP contribution in [-0.2, 0) is 6.42 Å². The first-order chi connectivity index (χ1) is 6.76. The number of aromatic nitrogens is 2. The predicted octanol–water partition coefficient (Wildman–Crippen LogP) is 3.18. The number of aromatic amines is 1. The highest BCUT2D eigenvalue weighted by Gasteiger charge is 2.11. The summed E-state index contributed by atoms with van der Waals surface area (Å²) in [6.07, 6.45) is 2.25. The summed E-state index contributed by atoms with van der Waals surface area (Å²) < 4.78 is 0. The lowest BCUT2D eigenvalue weighted by atomic mass is 10.2. The summed E-state index contributed by atoms with van der Waals surface area (Å²) in [4.78, 5) is 17.7. The van der Waals surface area contributed by atoms with Crippen LogP contribution in [0.25, 0.3) is 11.0 Å². The molecular formula is C9H8ClN3O. The molecule has 2 aromatic heterocycles. The molecule has 2 aromatic rings. The average molecular weight is 210 g/mol. The van der Waals surface area contributed by atoms with Crippen LogP contribution < -0.4 is 0 Å². The van der Waals surface area contributed by atoms with Crippen molar-refractivity contribution < 1.29 is 0 Å². The molecule has 2 heterocycles. The van der Waals surface area contributed by atoms with Gasteiger partial charge in [0.15, 0.2) is 0 Å². The Bertz CT molecular complexity index is 492. The number of nitrogens with one attached hydrogen (secondary N) is 1. The molecule has 0 aliphatic rings. The van der Waals surface area contributed by atoms with E-state index in [1.54, 1.807) is 6.07 Å². The maximum absolute atomic E-state index is 10.6. The molecule has 0 unspecified atom stereocenters. The van der Waals surface area contributed by atoms with Gasteiger partial charge in [0.25, 0.3) is 0 Å². The summed E-state index contributed by atoms with van der Waals surface area (Å²) >= 11 is 5.78. The van der Waals surface area contributed by atoms with Gasteiger partial charge in [0.2, 0.25) is 0 Å². The zero-order chi connectivity index (χ0) is 10.1. The molecule has 0 aromatic carbocycles. The third kappa shape index (κ3) is 1.28. The highest BCUT2D eigenvalue weighted by Crippen LogP contribution is 2.30. The second-order valence-electron chi connectivity index (χ2n) is 2.95. The van der Waals surface area contributed by atoms with Crippen molar-refractivity contribution in [1.29, 1.82) is 0 Å². The average Bonchev–Trinajstić information content (AvgIpc) is 2.54. The zero-order valence-corrected chi connectivity index (χ0v) is 8.30. The summed E-state index contributed by atoms with van der Waals surface area (Å²) in [5.74, 6) is 0. The molecular weight excluding hydrogens is 202 g/mol. The Morgan fingerprint density at radius 3 is 3.07 bits per heavy atom. The van der Waals surface area contributed by atoms with Crippen LogP contribution in [0.4, 0.5) is 5.69 Å². The first-order valence-corrected chi connectivity index (χ1v) is 4.63. The number of halogens is 1. The predicted molar refractivity (Wildman–Crippen MR) is 55.9 cm³/mol. The second-order valence-corrected chi connectivity index (χ2v) is 3.38. The molecule has 0 fully saturated rings. The van der Waals surface area contributed by atoms with Crippen molar-refractivity contribution in [2.24, 2.45) is 5.18 Å². The smallest absolute Gasteiger partial charge is 0.139 e. The van der Waals surface area contributed by atoms with E-state index in [4.69, 9.17) is 11.6 Å². The molecule has 1 N–H and O–H groups in total. The van der Waals surface area contributed by atoms with Gasteiger partial charge in [-0.2, -0.15) is 0 Å². The van der Waals surface area contributed by atoms with Gasteiger partial charge in [0.05, 0.1) is 5.02 Å². The number of H-pyrrole nitrogens is 1. The Morgan fingerprint density at radius 1 is 1.64 bits per heavy atom. The van der Waals surface area contributed by atoms with Gasteiger partial charge in [-0.15, -0.1) is 4.91 Å². The zero-order valence-electron chi connectivity index (χ0n) is 7.54. The fourth-order valence-electron chi connectivity index (χ4n) is 1.44. The van der Waals surface area contributed by atoms with E-state index in [9.17, 15) is 4.91 Å². The van der Waals surface area contributed by atoms with Gasteiger partial charge in [-0.3, -0.25) is 0 Å². The van der Waals surface area contributed by atoms with Crippen LogP contribution in [0.5, 0.6) is 0 Å². The quantitative estimate of drug-likeness (QED) is 0.773. The summed E-state index contributed by atoms with van der Waals surface area (Å²) in [5.41, 5.74) is 1.86. The molecule has 0 radical (unpaired) electrons. The van der Waals surface area contributed by atoms with Crippen molar-refractivity contribution in [1.82, 2.24) is 9.97 Å². The van der Waals surface area contributed by atoms with Crippen molar-refractivity contribution in [3.05, 3.63) is 27.9 Å². The number of nitroso groups, excluding NO2 is 1. The van der Waals surface area contributed by atoms with E-state index in [2.05, 4.69) is 15.1 Å². The van der Waals surface area contributed by atoms with Crippen LogP contribution in [0.15, 0.2) is 17.4 Å². The van der Waals surface area contributed by atoms with Gasteiger partial charge < -0.3 is 4.98 Å². The van der Waals surface area contributed by atoms with E-state index >= 15 is 0 Å². The van der Waals surface area contributed by atoms with E-state index in [1.165, 1.54) is 6.20 Å². The van der Waals surface area contributed by atoms with Crippen LogP contribution in [-0.4, -0.2) is 9.97 Å². The molecule has 4 nitrogen and oxygen atoms in total. The Labute approximate surface area is 85.3 Å². The minimum Gasteiger partial charge on any atom is -0.341 e. The third-order valence-corrected chi connectivity index (χ3v) is 2.32. The van der Waals surface area contributed by atoms with Crippen LogP contribution in [0.3, 0.4) is 0 Å². The fraction of sp³-hybridized carbons (Fsp3) is 0.222. The van der Waals surface area contributed by atoms with Gasteiger partial charge in [-0.25, -0.2) is 4.98 Å². The maximum Gasteiger partial charge on any atom is 0.139 e. The molecule has 2 rings (SSSR count). The molecule has 0 aliphatic carbocycles. The number of nitrogens with zero attached hydrogens (tertiary/aromatic N) is 2. The normalized spacial score (nSPS) is 10.7. The first-order valence-electron chi connectivity index (χ1n) is 4.25. The lowest BCUT2D eigenvalue weighted by molar-refractivity contribution is 1.06. The molecule has 5 heteroatoms. The van der Waals surface area contributed by atoms with Crippen LogP contribution in [0.1, 0.15) is 12.6 Å². The van der Waals surface area contributed by atoms with E-state index in [1.807, 2.05) is 6.92 Å². The van der Waals surface area contributed by atoms with Crippen LogP contribution >= 0.6 is 11.6 Å². The molecule has 72 valence electrons. The van der Waals surface area contributed by atoms with Crippen LogP contribution in [0.2, 0.25) is 5.02 Å². The second kappa shape index (κ2) is 3.38. The number of fused-ring (bicyclic) bond motifs is 1. The Kier molecular flexibility index (Phi) is 2.21. The highest BCUT2D eigenvalue weighted by molar-refractivity contribution is 6.31. The molecule has 0 saturated heterocycles. The summed E-state index contributed by atoms with van der Waals surface area (Å²) in [6.45, 7) is 1.95. The monoisotopic (exact) mass is 209 g/mol. The number of pyridine rings is 1. The minimum atomic E-state index is 0.414. The van der Waals surface area contributed by atoms with E-state index in [-0.39, 0.29) is 0 Å². The number of hydrogen-bond acceptors (Lipinski definition) is 3. The topological polar surface area (TPSA) is 58.1 Å². The Hall–Kier alpha value is -1.42. The van der Waals surface area contributed by atoms with Gasteiger partial charge in [0.1, 0.15) is 11.3 Å². The Morgan fingerprint density at radius 2 is 2.43 bits per heavy atom. The molecule has 14 heavy (non-hydrogen) atoms. The summed E-state index contributed by atoms with van der Waals surface area (Å²) in [6, 6.07) is 1.69. The summed E-state index contributed by atoms with van der Waals surface area (Å²) in [5, 5.41) is 4.18. The van der Waals surface area contributed by atoms with Crippen molar-refractivity contribution in [3.63, 3.8) is 0 Å². The molecule has 0 aliphatic heterocycles. The lowest BCUT2D eigenvalue weighted by Crippen LogP contribution is -1.78. The van der Waals surface area contributed by atoms with E-state index in [0.29, 0.717) is 21.7 Å². The fourth-order valence-corrected chi connectivity index (χ4v) is 1.60. The first kappa shape index (κ1) is 9.15. The minimum absolute atomic E-state index is 0.414. The lowest BCUT2D eigenvalue weighted by Gasteiger charge is -1.90. The number of rotatable bonds is 2. The SMILES string of the molecule is CCc1[nH]c2ncc(Cl)cc2c1N=O. The van der Waals surface area contributed by atoms with E-state index in [0.717, 1.165) is 12.1 Å². The van der Waals surface area contributed by atoms with E-state index < -0.39 is 0 Å². The van der Waals surface area contributed by atoms with Gasteiger partial charge in [-0.1, -0.05) is 18.5 Å². The largest absolute Gasteiger partial charge is 0.341 e. The number of hydrogen-bond donors (Lipinski definition) is 1.